The van der Waals surface area contributed by atoms with Gasteiger partial charge in [0.1, 0.15) is 0 Å². The monoisotopic (exact) mass is 303 g/mol. The van der Waals surface area contributed by atoms with Crippen molar-refractivity contribution >= 4 is 10.2 Å². The molecule has 2 fully saturated rings. The van der Waals surface area contributed by atoms with Crippen LogP contribution >= 0.6 is 0 Å². The van der Waals surface area contributed by atoms with Gasteiger partial charge in [0.05, 0.1) is 0 Å². The summed E-state index contributed by atoms with van der Waals surface area (Å²) in [7, 11) is -1.29. The fourth-order valence-electron chi connectivity index (χ4n) is 3.56. The largest absolute Gasteiger partial charge is 0.317 e. The molecule has 3 unspecified atom stereocenters. The second-order valence-electron chi connectivity index (χ2n) is 6.17. The van der Waals surface area contributed by atoms with Gasteiger partial charge in [0.2, 0.25) is 0 Å². The summed E-state index contributed by atoms with van der Waals surface area (Å²) in [5, 5.41) is 3.33. The summed E-state index contributed by atoms with van der Waals surface area (Å²) in [6.45, 7) is 6.18. The molecule has 0 aromatic heterocycles. The van der Waals surface area contributed by atoms with Gasteiger partial charge in [0, 0.05) is 31.7 Å². The average molecular weight is 303 g/mol. The first-order valence-corrected chi connectivity index (χ1v) is 9.34. The predicted molar refractivity (Wildman–Crippen MR) is 81.8 cm³/mol. The summed E-state index contributed by atoms with van der Waals surface area (Å²) in [5.41, 5.74) is 0. The van der Waals surface area contributed by atoms with Crippen molar-refractivity contribution in [2.45, 2.75) is 58.0 Å². The quantitative estimate of drug-likeness (QED) is 0.855. The van der Waals surface area contributed by atoms with Crippen molar-refractivity contribution in [3.8, 4) is 0 Å². The summed E-state index contributed by atoms with van der Waals surface area (Å²) < 4.78 is 29.1. The maximum atomic E-state index is 12.8. The molecule has 3 atom stereocenters. The first-order chi connectivity index (χ1) is 9.50. The molecule has 2 rings (SSSR count). The molecular weight excluding hydrogens is 274 g/mol. The van der Waals surface area contributed by atoms with Crippen LogP contribution in [-0.4, -0.2) is 55.8 Å². The Hall–Kier alpha value is -0.170. The summed E-state index contributed by atoms with van der Waals surface area (Å²) in [5.74, 6) is 0.420. The molecule has 0 bridgehead atoms. The third kappa shape index (κ3) is 3.18. The zero-order chi connectivity index (χ0) is 14.8. The fourth-order valence-corrected chi connectivity index (χ4v) is 5.50. The molecule has 0 saturated carbocycles. The molecule has 2 saturated heterocycles. The Balaban J connectivity index is 2.10. The van der Waals surface area contributed by atoms with Crippen LogP contribution in [0, 0.1) is 5.92 Å². The van der Waals surface area contributed by atoms with E-state index in [1.165, 1.54) is 0 Å². The molecule has 6 heteroatoms. The third-order valence-corrected chi connectivity index (χ3v) is 7.08. The second kappa shape index (κ2) is 6.73. The van der Waals surface area contributed by atoms with Crippen LogP contribution in [0.5, 0.6) is 0 Å². The molecule has 0 radical (unpaired) electrons. The Kier molecular flexibility index (Phi) is 5.45. The van der Waals surface area contributed by atoms with Crippen LogP contribution in [0.15, 0.2) is 0 Å². The summed E-state index contributed by atoms with van der Waals surface area (Å²) in [6.07, 6.45) is 5.06. The van der Waals surface area contributed by atoms with E-state index in [-0.39, 0.29) is 6.04 Å². The molecule has 0 spiro atoms. The maximum absolute atomic E-state index is 12.8. The molecule has 5 nitrogen and oxygen atoms in total. The van der Waals surface area contributed by atoms with E-state index in [0.29, 0.717) is 31.6 Å². The van der Waals surface area contributed by atoms with Gasteiger partial charge in [-0.25, -0.2) is 0 Å². The molecule has 1 N–H and O–H groups in total. The van der Waals surface area contributed by atoms with Crippen LogP contribution in [0.4, 0.5) is 0 Å². The number of nitrogens with one attached hydrogen (secondary N) is 1. The van der Waals surface area contributed by atoms with E-state index in [4.69, 9.17) is 0 Å². The van der Waals surface area contributed by atoms with Gasteiger partial charge < -0.3 is 5.32 Å². The Labute approximate surface area is 123 Å². The van der Waals surface area contributed by atoms with Crippen molar-refractivity contribution in [2.75, 3.05) is 26.7 Å². The van der Waals surface area contributed by atoms with E-state index >= 15 is 0 Å². The van der Waals surface area contributed by atoms with E-state index in [1.54, 1.807) is 8.61 Å². The SMILES string of the molecule is CCC1CN(S(=O)(=O)N2CCCCC2C)CCC1NC. The molecule has 118 valence electrons. The molecule has 2 aliphatic heterocycles. The summed E-state index contributed by atoms with van der Waals surface area (Å²) in [6, 6.07) is 0.598. The average Bonchev–Trinajstić information content (AvgIpc) is 2.46. The highest BCUT2D eigenvalue weighted by molar-refractivity contribution is 7.86. The molecule has 0 aromatic carbocycles. The Bertz CT molecular complexity index is 413. The molecule has 2 aliphatic rings. The highest BCUT2D eigenvalue weighted by atomic mass is 32.2. The number of hydrogen-bond acceptors (Lipinski definition) is 3. The minimum absolute atomic E-state index is 0.149. The molecular formula is C14H29N3O2S. The van der Waals surface area contributed by atoms with Crippen LogP contribution in [0.1, 0.15) is 46.0 Å². The predicted octanol–water partition coefficient (Wildman–Crippen LogP) is 1.43. The lowest BCUT2D eigenvalue weighted by Crippen LogP contribution is -2.55. The van der Waals surface area contributed by atoms with Crippen molar-refractivity contribution in [3.05, 3.63) is 0 Å². The minimum Gasteiger partial charge on any atom is -0.317 e. The van der Waals surface area contributed by atoms with Crippen molar-refractivity contribution in [2.24, 2.45) is 5.92 Å². The topological polar surface area (TPSA) is 52.7 Å². The molecule has 20 heavy (non-hydrogen) atoms. The second-order valence-corrected chi connectivity index (χ2v) is 8.05. The standard InChI is InChI=1S/C14H29N3O2S/c1-4-13-11-16(10-8-14(13)15-3)20(18,19)17-9-6-5-7-12(17)2/h12-15H,4-11H2,1-3H3. The first kappa shape index (κ1) is 16.2. The van der Waals surface area contributed by atoms with E-state index in [2.05, 4.69) is 12.2 Å². The minimum atomic E-state index is -3.27. The van der Waals surface area contributed by atoms with Gasteiger partial charge in [-0.05, 0) is 39.2 Å². The lowest BCUT2D eigenvalue weighted by Gasteiger charge is -2.41. The van der Waals surface area contributed by atoms with Gasteiger partial charge in [0.25, 0.3) is 10.2 Å². The van der Waals surface area contributed by atoms with Crippen LogP contribution < -0.4 is 5.32 Å². The molecule has 0 aromatic rings. The van der Waals surface area contributed by atoms with Crippen LogP contribution in [0.25, 0.3) is 0 Å². The zero-order valence-electron chi connectivity index (χ0n) is 13.0. The normalized spacial score (nSPS) is 34.2. The van der Waals surface area contributed by atoms with E-state index in [0.717, 1.165) is 32.1 Å². The fraction of sp³-hybridized carbons (Fsp3) is 1.00. The molecule has 0 amide bonds. The third-order valence-electron chi connectivity index (χ3n) is 4.96. The van der Waals surface area contributed by atoms with Gasteiger partial charge in [-0.1, -0.05) is 19.8 Å². The number of hydrogen-bond donors (Lipinski definition) is 1. The highest BCUT2D eigenvalue weighted by Gasteiger charge is 2.38. The van der Waals surface area contributed by atoms with Crippen LogP contribution in [0.3, 0.4) is 0 Å². The van der Waals surface area contributed by atoms with Crippen molar-refractivity contribution in [1.82, 2.24) is 13.9 Å². The number of nitrogens with zero attached hydrogens (tertiary/aromatic N) is 2. The van der Waals surface area contributed by atoms with Crippen molar-refractivity contribution in [3.63, 3.8) is 0 Å². The number of piperidine rings is 2. The van der Waals surface area contributed by atoms with Gasteiger partial charge in [-0.15, -0.1) is 0 Å². The maximum Gasteiger partial charge on any atom is 0.282 e. The van der Waals surface area contributed by atoms with Crippen molar-refractivity contribution < 1.29 is 8.42 Å². The van der Waals surface area contributed by atoms with Gasteiger partial charge in [0.15, 0.2) is 0 Å². The Morgan fingerprint density at radius 1 is 1.20 bits per heavy atom. The zero-order valence-corrected chi connectivity index (χ0v) is 13.8. The first-order valence-electron chi connectivity index (χ1n) is 7.94. The highest BCUT2D eigenvalue weighted by Crippen LogP contribution is 2.27. The van der Waals surface area contributed by atoms with Gasteiger partial charge >= 0.3 is 0 Å². The van der Waals surface area contributed by atoms with E-state index in [9.17, 15) is 8.42 Å². The summed E-state index contributed by atoms with van der Waals surface area (Å²) in [4.78, 5) is 0. The van der Waals surface area contributed by atoms with E-state index in [1.807, 2.05) is 14.0 Å². The van der Waals surface area contributed by atoms with Gasteiger partial charge in [-0.2, -0.15) is 17.0 Å². The number of rotatable bonds is 4. The molecule has 2 heterocycles. The molecule has 0 aliphatic carbocycles. The lowest BCUT2D eigenvalue weighted by atomic mass is 9.91. The van der Waals surface area contributed by atoms with Crippen LogP contribution in [0.2, 0.25) is 0 Å². The summed E-state index contributed by atoms with van der Waals surface area (Å²) >= 11 is 0. The van der Waals surface area contributed by atoms with E-state index < -0.39 is 10.2 Å². The Morgan fingerprint density at radius 2 is 1.95 bits per heavy atom. The smallest absolute Gasteiger partial charge is 0.282 e. The van der Waals surface area contributed by atoms with Gasteiger partial charge in [-0.3, -0.25) is 0 Å². The Morgan fingerprint density at radius 3 is 2.55 bits per heavy atom. The van der Waals surface area contributed by atoms with Crippen LogP contribution in [-0.2, 0) is 10.2 Å². The lowest BCUT2D eigenvalue weighted by molar-refractivity contribution is 0.184. The van der Waals surface area contributed by atoms with Crippen molar-refractivity contribution in [1.29, 1.82) is 0 Å².